The number of benzene rings is 1. The molecule has 0 bridgehead atoms. The second-order valence-electron chi connectivity index (χ2n) is 3.30. The monoisotopic (exact) mass is 238 g/mol. The summed E-state index contributed by atoms with van der Waals surface area (Å²) in [5, 5.41) is 0.668. The van der Waals surface area contributed by atoms with Crippen LogP contribution >= 0.6 is 11.6 Å². The predicted molar refractivity (Wildman–Crippen MR) is 61.9 cm³/mol. The number of esters is 1. The normalized spacial score (nSPS) is 15.1. The van der Waals surface area contributed by atoms with Gasteiger partial charge in [0.05, 0.1) is 12.3 Å². The third kappa shape index (κ3) is 2.67. The van der Waals surface area contributed by atoms with Crippen molar-refractivity contribution in [3.63, 3.8) is 0 Å². The van der Waals surface area contributed by atoms with E-state index in [-0.39, 0.29) is 5.97 Å². The van der Waals surface area contributed by atoms with Gasteiger partial charge in [0, 0.05) is 11.4 Å². The number of carbonyl (C=O) groups excluding carboxylic acids is 1. The summed E-state index contributed by atoms with van der Waals surface area (Å²) in [5.41, 5.74) is 6.95. The molecule has 0 saturated carbocycles. The quantitative estimate of drug-likeness (QED) is 0.625. The van der Waals surface area contributed by atoms with Crippen molar-refractivity contribution >= 4 is 23.3 Å². The average Bonchev–Trinajstić information content (AvgIpc) is 2.30. The van der Waals surface area contributed by atoms with E-state index in [2.05, 4.69) is 10.9 Å². The molecule has 0 unspecified atom stereocenters. The van der Waals surface area contributed by atoms with Crippen molar-refractivity contribution in [3.8, 4) is 0 Å². The molecule has 2 rings (SSSR count). The van der Waals surface area contributed by atoms with Crippen molar-refractivity contribution < 1.29 is 9.53 Å². The number of rotatable bonds is 3. The third-order valence-corrected chi connectivity index (χ3v) is 2.36. The maximum absolute atomic E-state index is 11.3. The topological polar surface area (TPSA) is 50.4 Å². The maximum Gasteiger partial charge on any atom is 0.355 e. The second-order valence-corrected chi connectivity index (χ2v) is 3.74. The molecule has 1 heterocycles. The Morgan fingerprint density at radius 1 is 1.19 bits per heavy atom. The van der Waals surface area contributed by atoms with Crippen LogP contribution in [0.15, 0.2) is 36.0 Å². The number of hydrogen-bond acceptors (Lipinski definition) is 4. The molecule has 0 saturated heterocycles. The lowest BCUT2D eigenvalue weighted by molar-refractivity contribution is -0.140. The maximum atomic E-state index is 11.3. The van der Waals surface area contributed by atoms with Gasteiger partial charge in [0.25, 0.3) is 0 Å². The molecule has 0 spiro atoms. The molecule has 0 radical (unpaired) electrons. The SMILES string of the molecule is O=C1OCCC=C1NNc1ccc(Cl)cc1. The average molecular weight is 239 g/mol. The lowest BCUT2D eigenvalue weighted by Crippen LogP contribution is -2.29. The van der Waals surface area contributed by atoms with E-state index in [9.17, 15) is 4.79 Å². The van der Waals surface area contributed by atoms with Crippen molar-refractivity contribution in [2.24, 2.45) is 0 Å². The molecule has 0 aliphatic carbocycles. The highest BCUT2D eigenvalue weighted by Crippen LogP contribution is 2.13. The molecule has 1 aliphatic heterocycles. The van der Waals surface area contributed by atoms with Crippen molar-refractivity contribution in [1.29, 1.82) is 0 Å². The lowest BCUT2D eigenvalue weighted by atomic mass is 10.3. The first kappa shape index (κ1) is 10.8. The number of carbonyl (C=O) groups is 1. The Morgan fingerprint density at radius 3 is 2.62 bits per heavy atom. The summed E-state index contributed by atoms with van der Waals surface area (Å²) < 4.78 is 4.87. The van der Waals surface area contributed by atoms with Gasteiger partial charge in [0.2, 0.25) is 0 Å². The van der Waals surface area contributed by atoms with Crippen molar-refractivity contribution in [2.45, 2.75) is 6.42 Å². The molecule has 0 amide bonds. The van der Waals surface area contributed by atoms with E-state index in [1.165, 1.54) is 0 Å². The fourth-order valence-electron chi connectivity index (χ4n) is 1.29. The molecule has 2 N–H and O–H groups in total. The molecule has 16 heavy (non-hydrogen) atoms. The molecule has 0 aromatic heterocycles. The highest BCUT2D eigenvalue weighted by Gasteiger charge is 2.13. The van der Waals surface area contributed by atoms with Crippen molar-refractivity contribution in [2.75, 3.05) is 12.0 Å². The summed E-state index contributed by atoms with van der Waals surface area (Å²) in [5.74, 6) is -0.340. The molecular formula is C11H11ClN2O2. The minimum Gasteiger partial charge on any atom is -0.461 e. The molecule has 1 aromatic rings. The van der Waals surface area contributed by atoms with E-state index >= 15 is 0 Å². The largest absolute Gasteiger partial charge is 0.461 e. The zero-order valence-corrected chi connectivity index (χ0v) is 9.25. The van der Waals surface area contributed by atoms with Crippen LogP contribution in [0, 0.1) is 0 Å². The zero-order valence-electron chi connectivity index (χ0n) is 8.50. The van der Waals surface area contributed by atoms with Crippen LogP contribution in [0.2, 0.25) is 5.02 Å². The molecule has 5 heteroatoms. The Labute approximate surface area is 98.2 Å². The predicted octanol–water partition coefficient (Wildman–Crippen LogP) is 2.09. The van der Waals surface area contributed by atoms with Gasteiger partial charge in [-0.1, -0.05) is 11.6 Å². The van der Waals surface area contributed by atoms with E-state index in [1.807, 2.05) is 12.1 Å². The van der Waals surface area contributed by atoms with Gasteiger partial charge in [-0.05, 0) is 30.3 Å². The third-order valence-electron chi connectivity index (χ3n) is 2.11. The van der Waals surface area contributed by atoms with Crippen LogP contribution in [-0.4, -0.2) is 12.6 Å². The molecular weight excluding hydrogens is 228 g/mol. The fourth-order valence-corrected chi connectivity index (χ4v) is 1.42. The highest BCUT2D eigenvalue weighted by atomic mass is 35.5. The Morgan fingerprint density at radius 2 is 1.94 bits per heavy atom. The van der Waals surface area contributed by atoms with Crippen LogP contribution < -0.4 is 10.9 Å². The summed E-state index contributed by atoms with van der Waals surface area (Å²) in [6, 6.07) is 7.15. The van der Waals surface area contributed by atoms with E-state index < -0.39 is 0 Å². The van der Waals surface area contributed by atoms with Crippen LogP contribution in [-0.2, 0) is 9.53 Å². The van der Waals surface area contributed by atoms with Crippen molar-refractivity contribution in [1.82, 2.24) is 5.43 Å². The minimum absolute atomic E-state index is 0.340. The van der Waals surface area contributed by atoms with E-state index in [4.69, 9.17) is 16.3 Å². The number of hydrogen-bond donors (Lipinski definition) is 2. The van der Waals surface area contributed by atoms with E-state index in [0.29, 0.717) is 17.3 Å². The molecule has 1 aromatic carbocycles. The van der Waals surface area contributed by atoms with Gasteiger partial charge in [-0.25, -0.2) is 4.79 Å². The van der Waals surface area contributed by atoms with Gasteiger partial charge in [0.15, 0.2) is 0 Å². The van der Waals surface area contributed by atoms with E-state index in [1.54, 1.807) is 18.2 Å². The summed E-state index contributed by atoms with van der Waals surface area (Å²) in [6.45, 7) is 0.449. The van der Waals surface area contributed by atoms with Gasteiger partial charge >= 0.3 is 5.97 Å². The summed E-state index contributed by atoms with van der Waals surface area (Å²) in [6.07, 6.45) is 2.53. The zero-order chi connectivity index (χ0) is 11.4. The number of halogens is 1. The van der Waals surface area contributed by atoms with Crippen molar-refractivity contribution in [3.05, 3.63) is 41.1 Å². The first-order valence-electron chi connectivity index (χ1n) is 4.90. The molecule has 1 aliphatic rings. The summed E-state index contributed by atoms with van der Waals surface area (Å²) in [7, 11) is 0. The second kappa shape index (κ2) is 4.90. The molecule has 0 atom stereocenters. The Bertz CT molecular complexity index is 414. The van der Waals surface area contributed by atoms with Gasteiger partial charge in [-0.2, -0.15) is 0 Å². The van der Waals surface area contributed by atoms with Gasteiger partial charge in [0.1, 0.15) is 5.70 Å². The van der Waals surface area contributed by atoms with E-state index in [0.717, 1.165) is 12.1 Å². The Hall–Kier alpha value is -1.68. The Kier molecular flexibility index (Phi) is 3.31. The van der Waals surface area contributed by atoms with Gasteiger partial charge in [-0.3, -0.25) is 5.43 Å². The standard InChI is InChI=1S/C11H11ClN2O2/c12-8-3-5-9(6-4-8)13-14-10-2-1-7-16-11(10)15/h2-6,13-14H,1,7H2. The van der Waals surface area contributed by atoms with Crippen LogP contribution in [0.1, 0.15) is 6.42 Å². The van der Waals surface area contributed by atoms with Gasteiger partial charge in [-0.15, -0.1) is 0 Å². The Balaban J connectivity index is 1.94. The summed E-state index contributed by atoms with van der Waals surface area (Å²) >= 11 is 5.75. The minimum atomic E-state index is -0.340. The first-order chi connectivity index (χ1) is 7.75. The number of anilines is 1. The molecule has 84 valence electrons. The first-order valence-corrected chi connectivity index (χ1v) is 5.28. The lowest BCUT2D eigenvalue weighted by Gasteiger charge is -2.15. The summed E-state index contributed by atoms with van der Waals surface area (Å²) in [4.78, 5) is 11.3. The van der Waals surface area contributed by atoms with Crippen LogP contribution in [0.25, 0.3) is 0 Å². The number of hydrazine groups is 1. The smallest absolute Gasteiger partial charge is 0.355 e. The number of nitrogens with one attached hydrogen (secondary N) is 2. The molecule has 0 fully saturated rings. The molecule has 4 nitrogen and oxygen atoms in total. The number of cyclic esters (lactones) is 1. The fraction of sp³-hybridized carbons (Fsp3) is 0.182. The van der Waals surface area contributed by atoms with Crippen LogP contribution in [0.5, 0.6) is 0 Å². The van der Waals surface area contributed by atoms with Crippen LogP contribution in [0.4, 0.5) is 5.69 Å². The number of ether oxygens (including phenoxy) is 1. The van der Waals surface area contributed by atoms with Crippen LogP contribution in [0.3, 0.4) is 0 Å². The highest BCUT2D eigenvalue weighted by molar-refractivity contribution is 6.30. The van der Waals surface area contributed by atoms with Gasteiger partial charge < -0.3 is 10.2 Å².